The lowest BCUT2D eigenvalue weighted by molar-refractivity contribution is -0.127. The van der Waals surface area contributed by atoms with Crippen LogP contribution in [0.3, 0.4) is 0 Å². The molecule has 0 radical (unpaired) electrons. The van der Waals surface area contributed by atoms with Gasteiger partial charge in [0.05, 0.1) is 25.4 Å². The molecule has 2 aliphatic heterocycles. The summed E-state index contributed by atoms with van der Waals surface area (Å²) in [6.45, 7) is 1.13. The molecule has 0 aromatic heterocycles. The molecule has 4 amide bonds. The molecule has 8 nitrogen and oxygen atoms in total. The summed E-state index contributed by atoms with van der Waals surface area (Å²) in [4.78, 5) is 36.0. The van der Waals surface area contributed by atoms with E-state index in [1.54, 1.807) is 0 Å². The van der Waals surface area contributed by atoms with Gasteiger partial charge in [-0.05, 0) is 12.0 Å². The molecule has 2 N–H and O–H groups in total. The maximum Gasteiger partial charge on any atom is 0.325 e. The van der Waals surface area contributed by atoms with Crippen LogP contribution in [0.5, 0.6) is 0 Å². The van der Waals surface area contributed by atoms with E-state index in [-0.39, 0.29) is 31.1 Å². The SMILES string of the molecule is O=C1CN(CC(=O)N[C@@H]2COCC[C@@H]2OCc2ccccc2)C(=O)N1. The highest BCUT2D eigenvalue weighted by atomic mass is 16.5. The van der Waals surface area contributed by atoms with Crippen molar-refractivity contribution in [1.29, 1.82) is 0 Å². The number of ether oxygens (including phenoxy) is 2. The van der Waals surface area contributed by atoms with Gasteiger partial charge in [-0.15, -0.1) is 0 Å². The van der Waals surface area contributed by atoms with Crippen molar-refractivity contribution >= 4 is 17.8 Å². The number of carbonyl (C=O) groups excluding carboxylic acids is 3. The van der Waals surface area contributed by atoms with Crippen LogP contribution in [-0.4, -0.2) is 61.2 Å². The number of hydrogen-bond donors (Lipinski definition) is 2. The van der Waals surface area contributed by atoms with Crippen molar-refractivity contribution in [1.82, 2.24) is 15.5 Å². The zero-order valence-corrected chi connectivity index (χ0v) is 13.8. The van der Waals surface area contributed by atoms with E-state index in [9.17, 15) is 14.4 Å². The van der Waals surface area contributed by atoms with Gasteiger partial charge in [0.2, 0.25) is 11.8 Å². The Kier molecular flexibility index (Phi) is 5.62. The molecule has 0 unspecified atom stereocenters. The molecule has 8 heteroatoms. The molecule has 0 bridgehead atoms. The lowest BCUT2D eigenvalue weighted by Crippen LogP contribution is -2.52. The third-order valence-corrected chi connectivity index (χ3v) is 4.15. The average molecular weight is 347 g/mol. The lowest BCUT2D eigenvalue weighted by Gasteiger charge is -2.32. The number of amides is 4. The fourth-order valence-corrected chi connectivity index (χ4v) is 2.87. The Balaban J connectivity index is 1.51. The van der Waals surface area contributed by atoms with Crippen LogP contribution in [0.4, 0.5) is 4.79 Å². The number of imide groups is 1. The summed E-state index contributed by atoms with van der Waals surface area (Å²) >= 11 is 0. The van der Waals surface area contributed by atoms with Crippen molar-refractivity contribution < 1.29 is 23.9 Å². The Bertz CT molecular complexity index is 636. The van der Waals surface area contributed by atoms with Crippen LogP contribution in [0.15, 0.2) is 30.3 Å². The Hall–Kier alpha value is -2.45. The number of carbonyl (C=O) groups is 3. The maximum atomic E-state index is 12.2. The highest BCUT2D eigenvalue weighted by Crippen LogP contribution is 2.14. The first kappa shape index (κ1) is 17.4. The standard InChI is InChI=1S/C17H21N3O5/c21-15(8-20-9-16(22)19-17(20)23)18-13-11-24-7-6-14(13)25-10-12-4-2-1-3-5-12/h1-5,13-14H,6-11H2,(H,18,21)(H,19,22,23)/t13-,14+/m1/s1. The van der Waals surface area contributed by atoms with E-state index in [1.807, 2.05) is 30.3 Å². The number of hydrogen-bond acceptors (Lipinski definition) is 5. The average Bonchev–Trinajstić information content (AvgIpc) is 2.92. The second-order valence-electron chi connectivity index (χ2n) is 6.08. The number of benzene rings is 1. The first-order valence-electron chi connectivity index (χ1n) is 8.23. The summed E-state index contributed by atoms with van der Waals surface area (Å²) < 4.78 is 11.4. The van der Waals surface area contributed by atoms with E-state index in [0.717, 1.165) is 5.56 Å². The summed E-state index contributed by atoms with van der Waals surface area (Å²) in [7, 11) is 0. The van der Waals surface area contributed by atoms with Crippen LogP contribution >= 0.6 is 0 Å². The summed E-state index contributed by atoms with van der Waals surface area (Å²) in [5.41, 5.74) is 1.06. The van der Waals surface area contributed by atoms with Crippen molar-refractivity contribution in [2.24, 2.45) is 0 Å². The normalized spacial score (nSPS) is 23.4. The second kappa shape index (κ2) is 8.09. The summed E-state index contributed by atoms with van der Waals surface area (Å²) in [5, 5.41) is 4.99. The molecule has 1 aromatic rings. The van der Waals surface area contributed by atoms with Crippen LogP contribution in [0.1, 0.15) is 12.0 Å². The van der Waals surface area contributed by atoms with Gasteiger partial charge in [-0.3, -0.25) is 14.9 Å². The first-order chi connectivity index (χ1) is 12.1. The summed E-state index contributed by atoms with van der Waals surface area (Å²) in [6.07, 6.45) is 0.521. The molecule has 2 atom stereocenters. The minimum absolute atomic E-state index is 0.0959. The van der Waals surface area contributed by atoms with Gasteiger partial charge >= 0.3 is 6.03 Å². The molecule has 1 aromatic carbocycles. The minimum Gasteiger partial charge on any atom is -0.379 e. The first-order valence-corrected chi connectivity index (χ1v) is 8.23. The van der Waals surface area contributed by atoms with E-state index < -0.39 is 11.9 Å². The summed E-state index contributed by atoms with van der Waals surface area (Å²) in [5.74, 6) is -0.739. The Labute approximate surface area is 145 Å². The zero-order chi connectivity index (χ0) is 17.6. The van der Waals surface area contributed by atoms with Crippen molar-refractivity contribution in [2.45, 2.75) is 25.2 Å². The van der Waals surface area contributed by atoms with Gasteiger partial charge in [0, 0.05) is 6.61 Å². The molecule has 0 saturated carbocycles. The van der Waals surface area contributed by atoms with Gasteiger partial charge in [0.25, 0.3) is 0 Å². The third kappa shape index (κ3) is 4.77. The molecular formula is C17H21N3O5. The van der Waals surface area contributed by atoms with Gasteiger partial charge in [-0.1, -0.05) is 30.3 Å². The van der Waals surface area contributed by atoms with Crippen LogP contribution in [0.2, 0.25) is 0 Å². The molecule has 2 heterocycles. The van der Waals surface area contributed by atoms with E-state index in [1.165, 1.54) is 4.90 Å². The number of nitrogens with one attached hydrogen (secondary N) is 2. The second-order valence-corrected chi connectivity index (χ2v) is 6.08. The van der Waals surface area contributed by atoms with Crippen molar-refractivity contribution in [2.75, 3.05) is 26.3 Å². The monoisotopic (exact) mass is 347 g/mol. The van der Waals surface area contributed by atoms with Crippen LogP contribution in [0, 0.1) is 0 Å². The largest absolute Gasteiger partial charge is 0.379 e. The van der Waals surface area contributed by atoms with Gasteiger partial charge in [-0.2, -0.15) is 0 Å². The number of urea groups is 1. The van der Waals surface area contributed by atoms with E-state index in [4.69, 9.17) is 9.47 Å². The smallest absolute Gasteiger partial charge is 0.325 e. The molecular weight excluding hydrogens is 326 g/mol. The molecule has 3 rings (SSSR count). The quantitative estimate of drug-likeness (QED) is 0.708. The lowest BCUT2D eigenvalue weighted by atomic mass is 10.1. The van der Waals surface area contributed by atoms with Gasteiger partial charge in [0.15, 0.2) is 0 Å². The predicted octanol–water partition coefficient (Wildman–Crippen LogP) is 0.0287. The predicted molar refractivity (Wildman–Crippen MR) is 87.5 cm³/mol. The minimum atomic E-state index is -0.545. The van der Waals surface area contributed by atoms with Crippen molar-refractivity contribution in [3.63, 3.8) is 0 Å². The van der Waals surface area contributed by atoms with Crippen LogP contribution in [-0.2, 0) is 25.7 Å². The number of nitrogens with zero attached hydrogens (tertiary/aromatic N) is 1. The Morgan fingerprint density at radius 2 is 2.12 bits per heavy atom. The van der Waals surface area contributed by atoms with E-state index in [0.29, 0.717) is 26.2 Å². The van der Waals surface area contributed by atoms with E-state index >= 15 is 0 Å². The van der Waals surface area contributed by atoms with Gasteiger partial charge < -0.3 is 19.7 Å². The zero-order valence-electron chi connectivity index (χ0n) is 13.8. The van der Waals surface area contributed by atoms with Crippen LogP contribution < -0.4 is 10.6 Å². The van der Waals surface area contributed by atoms with E-state index in [2.05, 4.69) is 10.6 Å². The molecule has 2 saturated heterocycles. The van der Waals surface area contributed by atoms with Gasteiger partial charge in [0.1, 0.15) is 13.1 Å². The molecule has 0 aliphatic carbocycles. The third-order valence-electron chi connectivity index (χ3n) is 4.15. The maximum absolute atomic E-state index is 12.2. The molecule has 0 spiro atoms. The fraction of sp³-hybridized carbons (Fsp3) is 0.471. The number of rotatable bonds is 6. The van der Waals surface area contributed by atoms with Crippen molar-refractivity contribution in [3.05, 3.63) is 35.9 Å². The van der Waals surface area contributed by atoms with Crippen LogP contribution in [0.25, 0.3) is 0 Å². The highest BCUT2D eigenvalue weighted by Gasteiger charge is 2.31. The highest BCUT2D eigenvalue weighted by molar-refractivity contribution is 6.03. The van der Waals surface area contributed by atoms with Crippen molar-refractivity contribution in [3.8, 4) is 0 Å². The fourth-order valence-electron chi connectivity index (χ4n) is 2.87. The van der Waals surface area contributed by atoms with Gasteiger partial charge in [-0.25, -0.2) is 4.79 Å². The molecule has 2 fully saturated rings. The molecule has 25 heavy (non-hydrogen) atoms. The molecule has 134 valence electrons. The topological polar surface area (TPSA) is 97.0 Å². The Morgan fingerprint density at radius 3 is 2.84 bits per heavy atom. The Morgan fingerprint density at radius 1 is 1.32 bits per heavy atom. The molecule has 2 aliphatic rings. The summed E-state index contributed by atoms with van der Waals surface area (Å²) in [6, 6.07) is 8.98.